The molecule has 2 aromatic rings. The van der Waals surface area contributed by atoms with Gasteiger partial charge in [-0.25, -0.2) is 9.18 Å². The molecule has 0 unspecified atom stereocenters. The maximum atomic E-state index is 13.7. The van der Waals surface area contributed by atoms with E-state index in [-0.39, 0.29) is 22.8 Å². The number of rotatable bonds is 4. The van der Waals surface area contributed by atoms with E-state index in [9.17, 15) is 9.18 Å². The van der Waals surface area contributed by atoms with Gasteiger partial charge in [0.15, 0.2) is 0 Å². The van der Waals surface area contributed by atoms with E-state index in [4.69, 9.17) is 26.8 Å². The third kappa shape index (κ3) is 3.44. The van der Waals surface area contributed by atoms with Crippen LogP contribution in [0.1, 0.15) is 15.9 Å². The van der Waals surface area contributed by atoms with Crippen molar-refractivity contribution in [2.24, 2.45) is 0 Å². The van der Waals surface area contributed by atoms with Crippen LogP contribution >= 0.6 is 11.6 Å². The molecule has 0 amide bonds. The summed E-state index contributed by atoms with van der Waals surface area (Å²) < 4.78 is 23.8. The molecule has 6 heteroatoms. The first-order valence-electron chi connectivity index (χ1n) is 6.06. The van der Waals surface area contributed by atoms with Gasteiger partial charge in [0.05, 0.1) is 12.1 Å². The Morgan fingerprint density at radius 3 is 2.81 bits per heavy atom. The van der Waals surface area contributed by atoms with E-state index in [0.717, 1.165) is 0 Å². The Bertz CT molecular complexity index is 676. The lowest BCUT2D eigenvalue weighted by atomic mass is 10.2. The zero-order chi connectivity index (χ0) is 15.4. The van der Waals surface area contributed by atoms with Crippen LogP contribution in [0.2, 0.25) is 5.02 Å². The molecule has 0 fully saturated rings. The fourth-order valence-corrected chi connectivity index (χ4v) is 1.96. The van der Waals surface area contributed by atoms with Crippen molar-refractivity contribution in [2.75, 3.05) is 12.8 Å². The summed E-state index contributed by atoms with van der Waals surface area (Å²) in [7, 11) is 1.43. The molecule has 0 atom stereocenters. The number of benzene rings is 2. The Hall–Kier alpha value is -2.27. The van der Waals surface area contributed by atoms with Crippen molar-refractivity contribution in [3.8, 4) is 5.75 Å². The minimum atomic E-state index is -0.654. The summed E-state index contributed by atoms with van der Waals surface area (Å²) in [5, 5.41) is -0.0231. The van der Waals surface area contributed by atoms with Crippen molar-refractivity contribution in [1.82, 2.24) is 0 Å². The van der Waals surface area contributed by atoms with E-state index >= 15 is 0 Å². The van der Waals surface area contributed by atoms with Crippen LogP contribution in [0.4, 0.5) is 10.1 Å². The number of hydrogen-bond acceptors (Lipinski definition) is 4. The van der Waals surface area contributed by atoms with Gasteiger partial charge in [-0.2, -0.15) is 0 Å². The minimum absolute atomic E-state index is 0.0231. The molecule has 0 aliphatic rings. The number of carbonyl (C=O) groups is 1. The summed E-state index contributed by atoms with van der Waals surface area (Å²) in [6.45, 7) is -0.233. The fraction of sp³-hybridized carbons (Fsp3) is 0.133. The van der Waals surface area contributed by atoms with Crippen molar-refractivity contribution >= 4 is 23.3 Å². The van der Waals surface area contributed by atoms with Crippen molar-refractivity contribution in [3.05, 3.63) is 58.4 Å². The van der Waals surface area contributed by atoms with Gasteiger partial charge in [-0.3, -0.25) is 0 Å². The van der Waals surface area contributed by atoms with Crippen LogP contribution in [0.3, 0.4) is 0 Å². The normalized spacial score (nSPS) is 10.2. The van der Waals surface area contributed by atoms with E-state index in [1.54, 1.807) is 18.2 Å². The lowest BCUT2D eigenvalue weighted by Gasteiger charge is -2.10. The molecule has 0 heterocycles. The van der Waals surface area contributed by atoms with Crippen molar-refractivity contribution in [3.63, 3.8) is 0 Å². The first-order valence-corrected chi connectivity index (χ1v) is 6.44. The van der Waals surface area contributed by atoms with Gasteiger partial charge >= 0.3 is 5.97 Å². The average Bonchev–Trinajstić information content (AvgIpc) is 2.48. The zero-order valence-corrected chi connectivity index (χ0v) is 12.0. The number of esters is 1. The van der Waals surface area contributed by atoms with E-state index in [0.29, 0.717) is 11.4 Å². The Kier molecular flexibility index (Phi) is 4.65. The maximum absolute atomic E-state index is 13.7. The topological polar surface area (TPSA) is 61.5 Å². The molecule has 0 aliphatic carbocycles. The van der Waals surface area contributed by atoms with Gasteiger partial charge in [0.2, 0.25) is 0 Å². The van der Waals surface area contributed by atoms with Crippen LogP contribution in [0.15, 0.2) is 36.4 Å². The van der Waals surface area contributed by atoms with Gasteiger partial charge in [-0.05, 0) is 24.3 Å². The molecule has 0 radical (unpaired) electrons. The zero-order valence-electron chi connectivity index (χ0n) is 11.2. The largest absolute Gasteiger partial charge is 0.496 e. The van der Waals surface area contributed by atoms with Gasteiger partial charge in [-0.15, -0.1) is 0 Å². The highest BCUT2D eigenvalue weighted by molar-refractivity contribution is 6.30. The number of methoxy groups -OCH3 is 1. The molecule has 0 saturated carbocycles. The third-order valence-electron chi connectivity index (χ3n) is 2.83. The van der Waals surface area contributed by atoms with Gasteiger partial charge in [0.25, 0.3) is 0 Å². The summed E-state index contributed by atoms with van der Waals surface area (Å²) in [5.41, 5.74) is 6.40. The Labute approximate surface area is 126 Å². The standard InChI is InChI=1S/C15H13ClFNO3/c1-20-13-6-5-10(18)7-11(13)15(19)21-8-9-3-2-4-12(16)14(9)17/h2-7H,8,18H2,1H3. The van der Waals surface area contributed by atoms with E-state index in [1.807, 2.05) is 0 Å². The van der Waals surface area contributed by atoms with Gasteiger partial charge in [0.1, 0.15) is 23.7 Å². The summed E-state index contributed by atoms with van der Waals surface area (Å²) in [6, 6.07) is 9.09. The molecule has 4 nitrogen and oxygen atoms in total. The Balaban J connectivity index is 2.15. The quantitative estimate of drug-likeness (QED) is 0.694. The summed E-state index contributed by atoms with van der Waals surface area (Å²) >= 11 is 5.66. The van der Waals surface area contributed by atoms with Gasteiger partial charge in [-0.1, -0.05) is 23.7 Å². The van der Waals surface area contributed by atoms with Gasteiger partial charge in [0, 0.05) is 11.3 Å². The highest BCUT2D eigenvalue weighted by Crippen LogP contribution is 2.23. The van der Waals surface area contributed by atoms with Crippen molar-refractivity contribution < 1.29 is 18.7 Å². The predicted octanol–water partition coefficient (Wildman–Crippen LogP) is 3.43. The van der Waals surface area contributed by atoms with Crippen LogP contribution in [0, 0.1) is 5.82 Å². The van der Waals surface area contributed by atoms with Crippen LogP contribution < -0.4 is 10.5 Å². The van der Waals surface area contributed by atoms with E-state index in [1.165, 1.54) is 25.3 Å². The maximum Gasteiger partial charge on any atom is 0.342 e. The molecule has 0 aliphatic heterocycles. The first-order chi connectivity index (χ1) is 10.0. The van der Waals surface area contributed by atoms with E-state index < -0.39 is 11.8 Å². The second-order valence-electron chi connectivity index (χ2n) is 4.25. The number of carbonyl (C=O) groups excluding carboxylic acids is 1. The molecule has 21 heavy (non-hydrogen) atoms. The predicted molar refractivity (Wildman–Crippen MR) is 77.9 cm³/mol. The number of nitrogen functional groups attached to an aromatic ring is 1. The van der Waals surface area contributed by atoms with E-state index in [2.05, 4.69) is 0 Å². The number of ether oxygens (including phenoxy) is 2. The SMILES string of the molecule is COc1ccc(N)cc1C(=O)OCc1cccc(Cl)c1F. The lowest BCUT2D eigenvalue weighted by molar-refractivity contribution is 0.0465. The molecular formula is C15H13ClFNO3. The van der Waals surface area contributed by atoms with Crippen molar-refractivity contribution in [1.29, 1.82) is 0 Å². The highest BCUT2D eigenvalue weighted by Gasteiger charge is 2.15. The molecule has 0 spiro atoms. The highest BCUT2D eigenvalue weighted by atomic mass is 35.5. The van der Waals surface area contributed by atoms with Crippen LogP contribution in [0.25, 0.3) is 0 Å². The Morgan fingerprint density at radius 1 is 1.33 bits per heavy atom. The molecular weight excluding hydrogens is 297 g/mol. The number of hydrogen-bond donors (Lipinski definition) is 1. The Morgan fingerprint density at radius 2 is 2.10 bits per heavy atom. The van der Waals surface area contributed by atoms with Crippen molar-refractivity contribution in [2.45, 2.75) is 6.61 Å². The molecule has 2 aromatic carbocycles. The second kappa shape index (κ2) is 6.45. The fourth-order valence-electron chi connectivity index (χ4n) is 1.77. The monoisotopic (exact) mass is 309 g/mol. The van der Waals surface area contributed by atoms with Gasteiger partial charge < -0.3 is 15.2 Å². The molecule has 0 saturated heterocycles. The number of anilines is 1. The first kappa shape index (κ1) is 15.1. The molecule has 0 aromatic heterocycles. The molecule has 110 valence electrons. The van der Waals surface area contributed by atoms with Crippen LogP contribution in [0.5, 0.6) is 5.75 Å². The molecule has 0 bridgehead atoms. The molecule has 2 N–H and O–H groups in total. The summed E-state index contributed by atoms with van der Waals surface area (Å²) in [4.78, 5) is 12.0. The average molecular weight is 310 g/mol. The minimum Gasteiger partial charge on any atom is -0.496 e. The summed E-state index contributed by atoms with van der Waals surface area (Å²) in [5.74, 6) is -0.925. The number of halogens is 2. The third-order valence-corrected chi connectivity index (χ3v) is 3.13. The number of nitrogens with two attached hydrogens (primary N) is 1. The lowest BCUT2D eigenvalue weighted by Crippen LogP contribution is -2.08. The second-order valence-corrected chi connectivity index (χ2v) is 4.66. The summed E-state index contributed by atoms with van der Waals surface area (Å²) in [6.07, 6.45) is 0. The molecule has 2 rings (SSSR count). The van der Waals surface area contributed by atoms with Crippen LogP contribution in [-0.4, -0.2) is 13.1 Å². The van der Waals surface area contributed by atoms with Crippen LogP contribution in [-0.2, 0) is 11.3 Å². The smallest absolute Gasteiger partial charge is 0.342 e.